The van der Waals surface area contributed by atoms with Crippen LogP contribution in [0.1, 0.15) is 25.0 Å². The summed E-state index contributed by atoms with van der Waals surface area (Å²) in [7, 11) is 0. The van der Waals surface area contributed by atoms with Crippen molar-refractivity contribution in [3.63, 3.8) is 0 Å². The van der Waals surface area contributed by atoms with Gasteiger partial charge in [0.1, 0.15) is 18.2 Å². The van der Waals surface area contributed by atoms with Crippen LogP contribution in [-0.4, -0.2) is 35.7 Å². The van der Waals surface area contributed by atoms with Crippen molar-refractivity contribution in [2.45, 2.75) is 27.3 Å². The van der Waals surface area contributed by atoms with E-state index in [1.165, 1.54) is 28.6 Å². The molecule has 4 aromatic rings. The third-order valence-electron chi connectivity index (χ3n) is 5.82. The van der Waals surface area contributed by atoms with Gasteiger partial charge >= 0.3 is 0 Å². The number of likely N-dealkylation sites (N-methyl/N-ethyl adjacent to an activating group) is 1. The first kappa shape index (κ1) is 20.4. The van der Waals surface area contributed by atoms with Gasteiger partial charge in [-0.1, -0.05) is 43.7 Å². The fraction of sp³-hybridized carbons (Fsp3) is 0.308. The van der Waals surface area contributed by atoms with Crippen LogP contribution in [0.15, 0.2) is 60.7 Å². The van der Waals surface area contributed by atoms with Crippen molar-refractivity contribution in [3.05, 3.63) is 77.6 Å². The highest BCUT2D eigenvalue weighted by atomic mass is 19.1. The number of rotatable bonds is 8. The largest absolute Gasteiger partial charge is 0.492 e. The molecule has 156 valence electrons. The molecule has 0 aliphatic rings. The van der Waals surface area contributed by atoms with Gasteiger partial charge in [0.15, 0.2) is 0 Å². The van der Waals surface area contributed by atoms with E-state index in [0.717, 1.165) is 41.9 Å². The number of ether oxygens (including phenoxy) is 1. The molecule has 4 heteroatoms. The number of hydrogen-bond donors (Lipinski definition) is 0. The van der Waals surface area contributed by atoms with E-state index in [4.69, 9.17) is 4.74 Å². The maximum atomic E-state index is 13.4. The van der Waals surface area contributed by atoms with Gasteiger partial charge in [0.05, 0.1) is 5.52 Å². The first-order chi connectivity index (χ1) is 14.6. The molecule has 0 aliphatic carbocycles. The van der Waals surface area contributed by atoms with Gasteiger partial charge in [-0.25, -0.2) is 4.39 Å². The van der Waals surface area contributed by atoms with Crippen molar-refractivity contribution in [1.29, 1.82) is 0 Å². The second-order valence-electron chi connectivity index (χ2n) is 7.76. The summed E-state index contributed by atoms with van der Waals surface area (Å²) < 4.78 is 21.9. The summed E-state index contributed by atoms with van der Waals surface area (Å²) in [5, 5.41) is 2.35. The first-order valence-electron chi connectivity index (χ1n) is 10.7. The molecule has 0 bridgehead atoms. The fourth-order valence-corrected chi connectivity index (χ4v) is 4.12. The van der Waals surface area contributed by atoms with Crippen molar-refractivity contribution in [2.75, 3.05) is 26.2 Å². The molecule has 3 nitrogen and oxygen atoms in total. The van der Waals surface area contributed by atoms with Gasteiger partial charge in [-0.15, -0.1) is 0 Å². The van der Waals surface area contributed by atoms with Crippen LogP contribution in [0, 0.1) is 12.7 Å². The Morgan fingerprint density at radius 2 is 1.70 bits per heavy atom. The summed E-state index contributed by atoms with van der Waals surface area (Å²) in [5.41, 5.74) is 4.60. The van der Waals surface area contributed by atoms with Crippen LogP contribution in [0.3, 0.4) is 0 Å². The molecule has 0 fully saturated rings. The van der Waals surface area contributed by atoms with Crippen LogP contribution in [0.4, 0.5) is 4.39 Å². The number of aryl methyl sites for hydroxylation is 1. The molecule has 0 aliphatic heterocycles. The summed E-state index contributed by atoms with van der Waals surface area (Å²) in [5.74, 6) is 0.716. The highest BCUT2D eigenvalue weighted by molar-refractivity contribution is 6.11. The minimum absolute atomic E-state index is 0.208. The molecule has 0 saturated carbocycles. The van der Waals surface area contributed by atoms with Crippen molar-refractivity contribution in [1.82, 2.24) is 9.47 Å². The third-order valence-corrected chi connectivity index (χ3v) is 5.82. The van der Waals surface area contributed by atoms with E-state index in [0.29, 0.717) is 13.2 Å². The Hall–Kier alpha value is -2.85. The van der Waals surface area contributed by atoms with E-state index in [1.807, 2.05) is 12.1 Å². The van der Waals surface area contributed by atoms with Gasteiger partial charge in [0.25, 0.3) is 0 Å². The smallest absolute Gasteiger partial charge is 0.129 e. The van der Waals surface area contributed by atoms with E-state index in [-0.39, 0.29) is 5.82 Å². The number of halogens is 1. The lowest BCUT2D eigenvalue weighted by Crippen LogP contribution is -2.27. The molecule has 0 spiro atoms. The molecule has 4 rings (SSSR count). The molecule has 0 N–H and O–H groups in total. The second kappa shape index (κ2) is 8.88. The van der Waals surface area contributed by atoms with Crippen LogP contribution in [-0.2, 0) is 6.54 Å². The van der Waals surface area contributed by atoms with E-state index < -0.39 is 0 Å². The Morgan fingerprint density at radius 3 is 2.43 bits per heavy atom. The minimum atomic E-state index is -0.208. The molecule has 0 amide bonds. The van der Waals surface area contributed by atoms with E-state index >= 15 is 0 Å². The van der Waals surface area contributed by atoms with Gasteiger partial charge in [-0.05, 0) is 62.0 Å². The summed E-state index contributed by atoms with van der Waals surface area (Å²) in [4.78, 5) is 2.36. The monoisotopic (exact) mass is 404 g/mol. The van der Waals surface area contributed by atoms with Crippen molar-refractivity contribution in [2.24, 2.45) is 0 Å². The van der Waals surface area contributed by atoms with E-state index in [2.05, 4.69) is 66.6 Å². The molecule has 1 heterocycles. The maximum Gasteiger partial charge on any atom is 0.129 e. The summed E-state index contributed by atoms with van der Waals surface area (Å²) in [6.07, 6.45) is 0. The lowest BCUT2D eigenvalue weighted by Gasteiger charge is -2.18. The predicted molar refractivity (Wildman–Crippen MR) is 123 cm³/mol. The van der Waals surface area contributed by atoms with Gasteiger partial charge in [-0.2, -0.15) is 0 Å². The van der Waals surface area contributed by atoms with Gasteiger partial charge in [-0.3, -0.25) is 0 Å². The summed E-state index contributed by atoms with van der Waals surface area (Å²) in [6, 6.07) is 19.6. The molecule has 1 aromatic heterocycles. The van der Waals surface area contributed by atoms with Crippen molar-refractivity contribution >= 4 is 21.8 Å². The van der Waals surface area contributed by atoms with Crippen LogP contribution >= 0.6 is 0 Å². The Bertz CT molecular complexity index is 1140. The molecule has 0 saturated heterocycles. The normalized spacial score (nSPS) is 11.6. The molecule has 3 aromatic carbocycles. The number of nitrogens with zero attached hydrogens (tertiary/aromatic N) is 2. The lowest BCUT2D eigenvalue weighted by atomic mass is 10.1. The molecule has 0 unspecified atom stereocenters. The Kier molecular flexibility index (Phi) is 6.05. The average molecular weight is 405 g/mol. The molecular weight excluding hydrogens is 375 g/mol. The number of hydrogen-bond acceptors (Lipinski definition) is 2. The van der Waals surface area contributed by atoms with Gasteiger partial charge < -0.3 is 14.2 Å². The number of benzene rings is 3. The summed E-state index contributed by atoms with van der Waals surface area (Å²) in [6.45, 7) is 10.8. The third kappa shape index (κ3) is 4.05. The topological polar surface area (TPSA) is 17.4 Å². The lowest BCUT2D eigenvalue weighted by molar-refractivity contribution is 0.224. The zero-order valence-electron chi connectivity index (χ0n) is 18.0. The van der Waals surface area contributed by atoms with Crippen LogP contribution in [0.5, 0.6) is 5.75 Å². The molecule has 0 atom stereocenters. The fourth-order valence-electron chi connectivity index (χ4n) is 4.12. The Labute approximate surface area is 177 Å². The zero-order valence-corrected chi connectivity index (χ0v) is 18.0. The first-order valence-corrected chi connectivity index (χ1v) is 10.7. The van der Waals surface area contributed by atoms with Gasteiger partial charge in [0.2, 0.25) is 0 Å². The quantitative estimate of drug-likeness (QED) is 0.358. The van der Waals surface area contributed by atoms with Crippen molar-refractivity contribution < 1.29 is 9.13 Å². The van der Waals surface area contributed by atoms with Crippen LogP contribution in [0.25, 0.3) is 21.8 Å². The zero-order chi connectivity index (χ0) is 21.1. The predicted octanol–water partition coefficient (Wildman–Crippen LogP) is 6.01. The highest BCUT2D eigenvalue weighted by Gasteiger charge is 2.15. The SMILES string of the molecule is CCN(CC)CCOc1cccc2c1c1cc(C)ccc1n2Cc1ccc(F)cc1. The number of fused-ring (bicyclic) bond motifs is 3. The van der Waals surface area contributed by atoms with Crippen LogP contribution < -0.4 is 4.74 Å². The second-order valence-corrected chi connectivity index (χ2v) is 7.76. The summed E-state index contributed by atoms with van der Waals surface area (Å²) >= 11 is 0. The Morgan fingerprint density at radius 1 is 0.933 bits per heavy atom. The standard InChI is InChI=1S/C26H29FN2O/c1-4-28(5-2)15-16-30-25-8-6-7-24-26(25)22-17-19(3)9-14-23(22)29(24)18-20-10-12-21(27)13-11-20/h6-14,17H,4-5,15-16,18H2,1-3H3. The molecule has 0 radical (unpaired) electrons. The maximum absolute atomic E-state index is 13.4. The highest BCUT2D eigenvalue weighted by Crippen LogP contribution is 2.36. The van der Waals surface area contributed by atoms with E-state index in [1.54, 1.807) is 0 Å². The Balaban J connectivity index is 1.77. The van der Waals surface area contributed by atoms with E-state index in [9.17, 15) is 4.39 Å². The average Bonchev–Trinajstić information content (AvgIpc) is 3.06. The molecular formula is C26H29FN2O. The number of aromatic nitrogens is 1. The minimum Gasteiger partial charge on any atom is -0.492 e. The van der Waals surface area contributed by atoms with Crippen LogP contribution in [0.2, 0.25) is 0 Å². The molecule has 30 heavy (non-hydrogen) atoms. The van der Waals surface area contributed by atoms with Crippen molar-refractivity contribution in [3.8, 4) is 5.75 Å². The van der Waals surface area contributed by atoms with Gasteiger partial charge in [0, 0.05) is 29.4 Å².